The molecule has 0 amide bonds. The number of hydrogen-bond donors (Lipinski definition) is 2. The van der Waals surface area contributed by atoms with Crippen LogP contribution in [-0.2, 0) is 0 Å². The molecule has 0 radical (unpaired) electrons. The van der Waals surface area contributed by atoms with Crippen LogP contribution in [-0.4, -0.2) is 35.2 Å². The summed E-state index contributed by atoms with van der Waals surface area (Å²) >= 11 is 0. The van der Waals surface area contributed by atoms with Crippen LogP contribution < -0.4 is 5.73 Å². The monoisotopic (exact) mass is 228 g/mol. The van der Waals surface area contributed by atoms with E-state index in [1.165, 1.54) is 11.1 Å². The maximum atomic E-state index is 5.66. The van der Waals surface area contributed by atoms with E-state index < -0.39 is 0 Å². The number of hydrogen-bond acceptors (Lipinski definition) is 3. The Morgan fingerprint density at radius 3 is 2.76 bits per heavy atom. The lowest BCUT2D eigenvalue weighted by Gasteiger charge is -2.37. The zero-order valence-electron chi connectivity index (χ0n) is 9.85. The molecule has 1 saturated heterocycles. The molecule has 3 rings (SSSR count). The van der Waals surface area contributed by atoms with Gasteiger partial charge in [0.1, 0.15) is 5.82 Å². The van der Waals surface area contributed by atoms with Crippen molar-refractivity contribution < 1.29 is 0 Å². The standard InChI is InChI=1S/C13H16N4/c1-17-7-9(8-17)10-4-2-3-5-11(10)12-6-13(14)16-15-12/h2-6,9H,7-8H2,1H3,(H3,14,15,16). The van der Waals surface area contributed by atoms with Crippen molar-refractivity contribution in [2.45, 2.75) is 5.92 Å². The van der Waals surface area contributed by atoms with Gasteiger partial charge in [-0.2, -0.15) is 5.10 Å². The van der Waals surface area contributed by atoms with Gasteiger partial charge in [-0.15, -0.1) is 0 Å². The van der Waals surface area contributed by atoms with E-state index in [9.17, 15) is 0 Å². The summed E-state index contributed by atoms with van der Waals surface area (Å²) < 4.78 is 0. The largest absolute Gasteiger partial charge is 0.382 e. The first-order valence-electron chi connectivity index (χ1n) is 5.83. The van der Waals surface area contributed by atoms with Gasteiger partial charge in [-0.3, -0.25) is 5.10 Å². The van der Waals surface area contributed by atoms with E-state index in [-0.39, 0.29) is 0 Å². The number of aromatic amines is 1. The van der Waals surface area contributed by atoms with Gasteiger partial charge in [0.05, 0.1) is 5.69 Å². The second kappa shape index (κ2) is 3.89. The number of nitrogens with one attached hydrogen (secondary N) is 1. The Bertz CT molecular complexity index is 526. The Labute approximate surface area is 100 Å². The Morgan fingerprint density at radius 1 is 1.35 bits per heavy atom. The smallest absolute Gasteiger partial charge is 0.145 e. The minimum Gasteiger partial charge on any atom is -0.382 e. The van der Waals surface area contributed by atoms with Crippen LogP contribution in [0.2, 0.25) is 0 Å². The number of anilines is 1. The third-order valence-corrected chi connectivity index (χ3v) is 3.35. The van der Waals surface area contributed by atoms with Gasteiger partial charge in [-0.05, 0) is 12.6 Å². The molecule has 1 aliphatic heterocycles. The SMILES string of the molecule is CN1CC(c2ccccc2-c2cc(N)n[nH]2)C1. The lowest BCUT2D eigenvalue weighted by Crippen LogP contribution is -2.41. The molecular formula is C13H16N4. The van der Waals surface area contributed by atoms with E-state index >= 15 is 0 Å². The number of H-pyrrole nitrogens is 1. The van der Waals surface area contributed by atoms with Gasteiger partial charge in [0.15, 0.2) is 0 Å². The topological polar surface area (TPSA) is 57.9 Å². The molecule has 1 aliphatic rings. The lowest BCUT2D eigenvalue weighted by molar-refractivity contribution is 0.190. The molecule has 0 unspecified atom stereocenters. The van der Waals surface area contributed by atoms with Gasteiger partial charge in [0, 0.05) is 30.6 Å². The fourth-order valence-electron chi connectivity index (χ4n) is 2.47. The molecule has 0 bridgehead atoms. The maximum Gasteiger partial charge on any atom is 0.145 e. The van der Waals surface area contributed by atoms with E-state index in [2.05, 4.69) is 46.4 Å². The lowest BCUT2D eigenvalue weighted by atomic mass is 9.87. The second-order valence-corrected chi connectivity index (χ2v) is 4.71. The van der Waals surface area contributed by atoms with Crippen molar-refractivity contribution in [3.05, 3.63) is 35.9 Å². The average molecular weight is 228 g/mol. The molecule has 4 nitrogen and oxygen atoms in total. The third kappa shape index (κ3) is 1.80. The summed E-state index contributed by atoms with van der Waals surface area (Å²) in [6.45, 7) is 2.25. The molecule has 0 aliphatic carbocycles. The van der Waals surface area contributed by atoms with Gasteiger partial charge >= 0.3 is 0 Å². The number of nitrogens with zero attached hydrogens (tertiary/aromatic N) is 2. The van der Waals surface area contributed by atoms with Crippen LogP contribution >= 0.6 is 0 Å². The fraction of sp³-hybridized carbons (Fsp3) is 0.308. The van der Waals surface area contributed by atoms with Crippen LogP contribution in [0.25, 0.3) is 11.3 Å². The first-order valence-corrected chi connectivity index (χ1v) is 5.83. The molecule has 3 N–H and O–H groups in total. The van der Waals surface area contributed by atoms with Gasteiger partial charge in [-0.25, -0.2) is 0 Å². The summed E-state index contributed by atoms with van der Waals surface area (Å²) in [6.07, 6.45) is 0. The Morgan fingerprint density at radius 2 is 2.12 bits per heavy atom. The molecule has 4 heteroatoms. The predicted molar refractivity (Wildman–Crippen MR) is 68.7 cm³/mol. The normalized spacial score (nSPS) is 17.0. The molecule has 1 fully saturated rings. The predicted octanol–water partition coefficient (Wildman–Crippen LogP) is 1.69. The fourth-order valence-corrected chi connectivity index (χ4v) is 2.47. The van der Waals surface area contributed by atoms with Crippen molar-refractivity contribution in [3.8, 4) is 11.3 Å². The highest BCUT2D eigenvalue weighted by molar-refractivity contribution is 5.67. The average Bonchev–Trinajstić information content (AvgIpc) is 2.72. The Balaban J connectivity index is 1.99. The first-order chi connectivity index (χ1) is 8.24. The van der Waals surface area contributed by atoms with E-state index in [4.69, 9.17) is 5.73 Å². The van der Waals surface area contributed by atoms with Gasteiger partial charge in [0.2, 0.25) is 0 Å². The minimum atomic E-state index is 0.542. The maximum absolute atomic E-state index is 5.66. The number of aromatic nitrogens is 2. The van der Waals surface area contributed by atoms with Crippen LogP contribution in [0.5, 0.6) is 0 Å². The molecule has 2 aromatic rings. The molecule has 2 heterocycles. The zero-order chi connectivity index (χ0) is 11.8. The van der Waals surface area contributed by atoms with Crippen molar-refractivity contribution in [3.63, 3.8) is 0 Å². The Hall–Kier alpha value is -1.81. The minimum absolute atomic E-state index is 0.542. The number of benzene rings is 1. The second-order valence-electron chi connectivity index (χ2n) is 4.71. The first kappa shape index (κ1) is 10.4. The van der Waals surface area contributed by atoms with E-state index in [1.807, 2.05) is 6.07 Å². The van der Waals surface area contributed by atoms with Crippen LogP contribution in [0, 0.1) is 0 Å². The van der Waals surface area contributed by atoms with Crippen LogP contribution in [0.1, 0.15) is 11.5 Å². The summed E-state index contributed by atoms with van der Waals surface area (Å²) in [4.78, 5) is 2.32. The summed E-state index contributed by atoms with van der Waals surface area (Å²) in [5, 5.41) is 6.98. The van der Waals surface area contributed by atoms with E-state index in [1.54, 1.807) is 0 Å². The zero-order valence-corrected chi connectivity index (χ0v) is 9.85. The molecular weight excluding hydrogens is 212 g/mol. The van der Waals surface area contributed by atoms with Crippen molar-refractivity contribution in [2.24, 2.45) is 0 Å². The van der Waals surface area contributed by atoms with E-state index in [0.717, 1.165) is 18.8 Å². The molecule has 17 heavy (non-hydrogen) atoms. The molecule has 1 aromatic carbocycles. The highest BCUT2D eigenvalue weighted by atomic mass is 15.2. The van der Waals surface area contributed by atoms with E-state index in [0.29, 0.717) is 11.7 Å². The number of nitrogens with two attached hydrogens (primary N) is 1. The quantitative estimate of drug-likeness (QED) is 0.822. The molecule has 0 atom stereocenters. The van der Waals surface area contributed by atoms with Crippen molar-refractivity contribution >= 4 is 5.82 Å². The Kier molecular flexibility index (Phi) is 2.37. The summed E-state index contributed by atoms with van der Waals surface area (Å²) in [5.74, 6) is 1.17. The van der Waals surface area contributed by atoms with Gasteiger partial charge in [-0.1, -0.05) is 24.3 Å². The highest BCUT2D eigenvalue weighted by Gasteiger charge is 2.27. The van der Waals surface area contributed by atoms with Crippen LogP contribution in [0.3, 0.4) is 0 Å². The molecule has 0 spiro atoms. The van der Waals surface area contributed by atoms with Crippen molar-refractivity contribution in [1.82, 2.24) is 15.1 Å². The summed E-state index contributed by atoms with van der Waals surface area (Å²) in [5.41, 5.74) is 9.27. The number of rotatable bonds is 2. The van der Waals surface area contributed by atoms with Crippen molar-refractivity contribution in [1.29, 1.82) is 0 Å². The van der Waals surface area contributed by atoms with Gasteiger partial charge in [0.25, 0.3) is 0 Å². The van der Waals surface area contributed by atoms with Crippen molar-refractivity contribution in [2.75, 3.05) is 25.9 Å². The summed E-state index contributed by atoms with van der Waals surface area (Å²) in [6, 6.07) is 10.4. The number of nitrogen functional groups attached to an aromatic ring is 1. The highest BCUT2D eigenvalue weighted by Crippen LogP contribution is 2.33. The third-order valence-electron chi connectivity index (χ3n) is 3.35. The summed E-state index contributed by atoms with van der Waals surface area (Å²) in [7, 11) is 2.15. The number of likely N-dealkylation sites (tertiary alicyclic amines) is 1. The van der Waals surface area contributed by atoms with Crippen LogP contribution in [0.4, 0.5) is 5.82 Å². The number of likely N-dealkylation sites (N-methyl/N-ethyl adjacent to an activating group) is 1. The molecule has 88 valence electrons. The van der Waals surface area contributed by atoms with Gasteiger partial charge < -0.3 is 10.6 Å². The molecule has 1 aromatic heterocycles. The van der Waals surface area contributed by atoms with Crippen LogP contribution in [0.15, 0.2) is 30.3 Å². The molecule has 0 saturated carbocycles.